The van der Waals surface area contributed by atoms with E-state index in [1.54, 1.807) is 6.92 Å². The topological polar surface area (TPSA) is 103 Å². The Morgan fingerprint density at radius 3 is 2.64 bits per heavy atom. The molecule has 0 saturated carbocycles. The van der Waals surface area contributed by atoms with Gasteiger partial charge in [0.1, 0.15) is 12.4 Å². The van der Waals surface area contributed by atoms with Crippen LogP contribution in [0.4, 0.5) is 4.79 Å². The summed E-state index contributed by atoms with van der Waals surface area (Å²) in [5, 5.41) is 4.96. The van der Waals surface area contributed by atoms with Crippen LogP contribution >= 0.6 is 0 Å². The highest BCUT2D eigenvalue weighted by Gasteiger charge is 2.24. The van der Waals surface area contributed by atoms with E-state index in [9.17, 15) is 14.4 Å². The first-order valence-corrected chi connectivity index (χ1v) is 9.14. The van der Waals surface area contributed by atoms with Crippen molar-refractivity contribution in [3.63, 3.8) is 0 Å². The van der Waals surface area contributed by atoms with Crippen LogP contribution in [0, 0.1) is 6.92 Å². The molecule has 1 heterocycles. The molecule has 0 unspecified atom stereocenters. The molecule has 0 radical (unpaired) electrons. The molecule has 0 aliphatic carbocycles. The average Bonchev–Trinajstić information content (AvgIpc) is 2.64. The number of rotatable bonds is 8. The highest BCUT2D eigenvalue weighted by atomic mass is 16.6. The van der Waals surface area contributed by atoms with Crippen LogP contribution in [0.25, 0.3) is 0 Å². The lowest BCUT2D eigenvalue weighted by atomic mass is 10.0. The van der Waals surface area contributed by atoms with E-state index < -0.39 is 18.0 Å². The molecule has 0 fully saturated rings. The van der Waals surface area contributed by atoms with Crippen LogP contribution in [0.1, 0.15) is 37.8 Å². The van der Waals surface area contributed by atoms with Crippen molar-refractivity contribution < 1.29 is 28.6 Å². The number of carbonyl (C=O) groups is 3. The zero-order valence-corrected chi connectivity index (χ0v) is 16.6. The van der Waals surface area contributed by atoms with Crippen LogP contribution in [0.15, 0.2) is 29.5 Å². The fourth-order valence-corrected chi connectivity index (χ4v) is 2.64. The predicted molar refractivity (Wildman–Crippen MR) is 102 cm³/mol. The van der Waals surface area contributed by atoms with Crippen LogP contribution in [-0.4, -0.2) is 44.3 Å². The van der Waals surface area contributed by atoms with Crippen LogP contribution in [0.2, 0.25) is 0 Å². The first-order valence-electron chi connectivity index (χ1n) is 9.14. The summed E-state index contributed by atoms with van der Waals surface area (Å²) in [6, 6.07) is 5.36. The van der Waals surface area contributed by atoms with Crippen molar-refractivity contribution in [2.24, 2.45) is 0 Å². The quantitative estimate of drug-likeness (QED) is 0.660. The van der Waals surface area contributed by atoms with Crippen molar-refractivity contribution in [2.45, 2.75) is 33.6 Å². The Bertz CT molecular complexity index is 785. The number of esters is 2. The molecule has 0 atom stereocenters. The van der Waals surface area contributed by atoms with Crippen molar-refractivity contribution in [3.8, 4) is 5.75 Å². The Morgan fingerprint density at radius 1 is 1.21 bits per heavy atom. The lowest BCUT2D eigenvalue weighted by molar-refractivity contribution is -0.145. The Morgan fingerprint density at radius 2 is 1.96 bits per heavy atom. The van der Waals surface area contributed by atoms with Gasteiger partial charge in [-0.05, 0) is 37.0 Å². The molecule has 152 valence electrons. The summed E-state index contributed by atoms with van der Waals surface area (Å²) in [5.74, 6) is -0.305. The van der Waals surface area contributed by atoms with Crippen LogP contribution in [0.5, 0.6) is 5.75 Å². The van der Waals surface area contributed by atoms with Gasteiger partial charge in [-0.2, -0.15) is 0 Å². The van der Waals surface area contributed by atoms with E-state index in [1.165, 1.54) is 0 Å². The molecule has 0 bridgehead atoms. The largest absolute Gasteiger partial charge is 0.482 e. The Hall–Kier alpha value is -3.03. The number of amides is 2. The third-order valence-electron chi connectivity index (χ3n) is 4.09. The molecule has 28 heavy (non-hydrogen) atoms. The van der Waals surface area contributed by atoms with Crippen LogP contribution in [0.3, 0.4) is 0 Å². The van der Waals surface area contributed by atoms with Gasteiger partial charge in [0.05, 0.1) is 24.4 Å². The summed E-state index contributed by atoms with van der Waals surface area (Å²) in [4.78, 5) is 35.6. The van der Waals surface area contributed by atoms with E-state index in [4.69, 9.17) is 14.2 Å². The van der Waals surface area contributed by atoms with E-state index in [1.807, 2.05) is 39.0 Å². The summed E-state index contributed by atoms with van der Waals surface area (Å²) in [6.45, 7) is 7.38. The first-order chi connectivity index (χ1) is 13.3. The second-order valence-electron chi connectivity index (χ2n) is 6.63. The maximum Gasteiger partial charge on any atom is 0.344 e. The molecule has 1 aliphatic rings. The number of urea groups is 1. The second-order valence-corrected chi connectivity index (χ2v) is 6.63. The summed E-state index contributed by atoms with van der Waals surface area (Å²) >= 11 is 0. The molecule has 1 aromatic carbocycles. The standard InChI is InChI=1S/C20H26N2O6/c1-5-26-19(24)15-9-21-20(25)22-16(15)10-28-18(23)11-27-17-8-13(4)6-7-14(17)12(2)3/h6-8,12H,5,9-11H2,1-4H3,(H2,21,22,25). The van der Waals surface area contributed by atoms with Crippen LogP contribution in [-0.2, 0) is 19.1 Å². The monoisotopic (exact) mass is 390 g/mol. The first kappa shape index (κ1) is 21.3. The van der Waals surface area contributed by atoms with Gasteiger partial charge in [0.15, 0.2) is 6.61 Å². The summed E-state index contributed by atoms with van der Waals surface area (Å²) in [5.41, 5.74) is 2.44. The number of nitrogens with one attached hydrogen (secondary N) is 2. The van der Waals surface area contributed by atoms with E-state index in [0.29, 0.717) is 5.75 Å². The van der Waals surface area contributed by atoms with Gasteiger partial charge in [0.2, 0.25) is 0 Å². The number of ether oxygens (including phenoxy) is 3. The predicted octanol–water partition coefficient (Wildman–Crippen LogP) is 2.17. The average molecular weight is 390 g/mol. The van der Waals surface area contributed by atoms with Crippen molar-refractivity contribution in [1.82, 2.24) is 10.6 Å². The molecule has 1 aromatic rings. The van der Waals surface area contributed by atoms with Crippen molar-refractivity contribution >= 4 is 18.0 Å². The van der Waals surface area contributed by atoms with Crippen molar-refractivity contribution in [3.05, 3.63) is 40.6 Å². The third-order valence-corrected chi connectivity index (χ3v) is 4.09. The molecule has 8 nitrogen and oxygen atoms in total. The zero-order valence-electron chi connectivity index (χ0n) is 16.6. The Balaban J connectivity index is 1.98. The van der Waals surface area contributed by atoms with Gasteiger partial charge < -0.3 is 24.8 Å². The number of aryl methyl sites for hydroxylation is 1. The van der Waals surface area contributed by atoms with E-state index in [2.05, 4.69) is 10.6 Å². The highest BCUT2D eigenvalue weighted by molar-refractivity contribution is 5.93. The lowest BCUT2D eigenvalue weighted by Crippen LogP contribution is -2.45. The summed E-state index contributed by atoms with van der Waals surface area (Å²) < 4.78 is 15.8. The van der Waals surface area contributed by atoms with E-state index in [-0.39, 0.29) is 43.6 Å². The molecule has 0 spiro atoms. The van der Waals surface area contributed by atoms with E-state index in [0.717, 1.165) is 11.1 Å². The van der Waals surface area contributed by atoms with Gasteiger partial charge in [0.25, 0.3) is 0 Å². The fraction of sp³-hybridized carbons (Fsp3) is 0.450. The SMILES string of the molecule is CCOC(=O)C1=C(COC(=O)COc2cc(C)ccc2C(C)C)NC(=O)NC1. The number of benzene rings is 1. The van der Waals surface area contributed by atoms with Gasteiger partial charge in [-0.15, -0.1) is 0 Å². The second kappa shape index (κ2) is 9.77. The highest BCUT2D eigenvalue weighted by Crippen LogP contribution is 2.27. The summed E-state index contributed by atoms with van der Waals surface area (Å²) in [7, 11) is 0. The van der Waals surface area contributed by atoms with Gasteiger partial charge in [0, 0.05) is 0 Å². The molecular weight excluding hydrogens is 364 g/mol. The molecule has 2 amide bonds. The van der Waals surface area contributed by atoms with Gasteiger partial charge in [-0.1, -0.05) is 26.0 Å². The molecule has 0 aromatic heterocycles. The fourth-order valence-electron chi connectivity index (χ4n) is 2.64. The lowest BCUT2D eigenvalue weighted by Gasteiger charge is -2.21. The normalized spacial score (nSPS) is 13.7. The smallest absolute Gasteiger partial charge is 0.344 e. The van der Waals surface area contributed by atoms with Crippen LogP contribution < -0.4 is 15.4 Å². The van der Waals surface area contributed by atoms with Gasteiger partial charge >= 0.3 is 18.0 Å². The van der Waals surface area contributed by atoms with Gasteiger partial charge in [-0.25, -0.2) is 14.4 Å². The molecule has 2 N–H and O–H groups in total. The summed E-state index contributed by atoms with van der Waals surface area (Å²) in [6.07, 6.45) is 0. The number of hydrogen-bond acceptors (Lipinski definition) is 6. The molecule has 2 rings (SSSR count). The molecule has 1 aliphatic heterocycles. The van der Waals surface area contributed by atoms with Crippen molar-refractivity contribution in [1.29, 1.82) is 0 Å². The minimum atomic E-state index is -0.611. The zero-order chi connectivity index (χ0) is 20.7. The van der Waals surface area contributed by atoms with Gasteiger partial charge in [-0.3, -0.25) is 0 Å². The molecular formula is C20H26N2O6. The molecule has 8 heteroatoms. The van der Waals surface area contributed by atoms with E-state index >= 15 is 0 Å². The third kappa shape index (κ3) is 5.73. The maximum absolute atomic E-state index is 12.1. The number of carbonyl (C=O) groups excluding carboxylic acids is 3. The molecule has 0 saturated heterocycles. The Labute approximate surface area is 164 Å². The Kier molecular flexibility index (Phi) is 7.43. The minimum Gasteiger partial charge on any atom is -0.482 e. The minimum absolute atomic E-state index is 0.00902. The van der Waals surface area contributed by atoms with Crippen molar-refractivity contribution in [2.75, 3.05) is 26.4 Å². The number of hydrogen-bond donors (Lipinski definition) is 2. The maximum atomic E-state index is 12.1.